The van der Waals surface area contributed by atoms with Gasteiger partial charge in [0.15, 0.2) is 0 Å². The lowest BCUT2D eigenvalue weighted by Gasteiger charge is -2.17. The van der Waals surface area contributed by atoms with Crippen molar-refractivity contribution in [2.75, 3.05) is 7.11 Å². The molecule has 0 atom stereocenters. The number of nitrogens with zero attached hydrogens (tertiary/aromatic N) is 2. The van der Waals surface area contributed by atoms with E-state index in [-0.39, 0.29) is 11.8 Å². The molecule has 1 amide bonds. The number of carbonyl (C=O) groups is 1. The minimum absolute atomic E-state index is 0.270. The summed E-state index contributed by atoms with van der Waals surface area (Å²) in [5, 5.41) is 11.1. The number of aryl methyl sites for hydroxylation is 1. The van der Waals surface area contributed by atoms with E-state index < -0.39 is 0 Å². The van der Waals surface area contributed by atoms with Crippen molar-refractivity contribution in [1.29, 1.82) is 0 Å². The second-order valence-electron chi connectivity index (χ2n) is 7.32. The summed E-state index contributed by atoms with van der Waals surface area (Å²) in [5.74, 6) is 1.40. The molecule has 2 aromatic carbocycles. The van der Waals surface area contributed by atoms with Crippen molar-refractivity contribution in [3.63, 3.8) is 0 Å². The van der Waals surface area contributed by atoms with E-state index in [0.717, 1.165) is 33.0 Å². The topological polar surface area (TPSA) is 88.6 Å². The van der Waals surface area contributed by atoms with Gasteiger partial charge in [-0.2, -0.15) is 10.2 Å². The molecule has 0 aliphatic carbocycles. The van der Waals surface area contributed by atoms with E-state index in [1.165, 1.54) is 6.20 Å². The molecule has 7 nitrogen and oxygen atoms in total. The SMILES string of the molecule is COc1ccc(/C=N/NC(=O)c2ccn[nH]2)cc1COc1cc(C)c(Cl)cc1C(C)C. The zero-order chi connectivity index (χ0) is 22.4. The molecule has 0 aliphatic heterocycles. The fraction of sp³-hybridized carbons (Fsp3) is 0.261. The number of ether oxygens (including phenoxy) is 2. The van der Waals surface area contributed by atoms with Gasteiger partial charge in [0.2, 0.25) is 0 Å². The first-order valence-corrected chi connectivity index (χ1v) is 10.2. The fourth-order valence-corrected chi connectivity index (χ4v) is 3.17. The van der Waals surface area contributed by atoms with Crippen molar-refractivity contribution in [3.8, 4) is 11.5 Å². The van der Waals surface area contributed by atoms with Crippen LogP contribution >= 0.6 is 11.6 Å². The summed E-state index contributed by atoms with van der Waals surface area (Å²) in [5.41, 5.74) is 6.45. The van der Waals surface area contributed by atoms with Crippen LogP contribution in [0, 0.1) is 6.92 Å². The lowest BCUT2D eigenvalue weighted by atomic mass is 10.0. The minimum Gasteiger partial charge on any atom is -0.496 e. The summed E-state index contributed by atoms with van der Waals surface area (Å²) in [6, 6.07) is 11.1. The van der Waals surface area contributed by atoms with Gasteiger partial charge in [0.1, 0.15) is 23.8 Å². The Labute approximate surface area is 186 Å². The van der Waals surface area contributed by atoms with Crippen LogP contribution in [0.15, 0.2) is 47.7 Å². The molecule has 0 spiro atoms. The van der Waals surface area contributed by atoms with Gasteiger partial charge < -0.3 is 9.47 Å². The van der Waals surface area contributed by atoms with Crippen LogP contribution in [0.25, 0.3) is 0 Å². The number of H-pyrrole nitrogens is 1. The highest BCUT2D eigenvalue weighted by Crippen LogP contribution is 2.33. The molecular weight excluding hydrogens is 416 g/mol. The molecule has 31 heavy (non-hydrogen) atoms. The Morgan fingerprint density at radius 1 is 1.26 bits per heavy atom. The predicted molar refractivity (Wildman–Crippen MR) is 121 cm³/mol. The number of methoxy groups -OCH3 is 1. The van der Waals surface area contributed by atoms with Crippen LogP contribution in [0.4, 0.5) is 0 Å². The normalized spacial score (nSPS) is 11.2. The number of halogens is 1. The molecule has 0 unspecified atom stereocenters. The molecule has 8 heteroatoms. The minimum atomic E-state index is -0.370. The number of hydrazone groups is 1. The molecule has 0 fully saturated rings. The van der Waals surface area contributed by atoms with Gasteiger partial charge in [0, 0.05) is 16.8 Å². The number of aromatic nitrogens is 2. The van der Waals surface area contributed by atoms with Crippen LogP contribution in [-0.2, 0) is 6.61 Å². The first-order chi connectivity index (χ1) is 14.9. The smallest absolute Gasteiger partial charge is 0.289 e. The maximum Gasteiger partial charge on any atom is 0.289 e. The molecule has 3 aromatic rings. The van der Waals surface area contributed by atoms with Crippen LogP contribution in [-0.4, -0.2) is 29.4 Å². The fourth-order valence-electron chi connectivity index (χ4n) is 3.00. The first kappa shape index (κ1) is 22.4. The van der Waals surface area contributed by atoms with Gasteiger partial charge in [0.25, 0.3) is 5.91 Å². The number of hydrogen-bond donors (Lipinski definition) is 2. The van der Waals surface area contributed by atoms with E-state index in [2.05, 4.69) is 34.6 Å². The summed E-state index contributed by atoms with van der Waals surface area (Å²) < 4.78 is 11.6. The molecule has 1 aromatic heterocycles. The largest absolute Gasteiger partial charge is 0.496 e. The number of benzene rings is 2. The quantitative estimate of drug-likeness (QED) is 0.387. The van der Waals surface area contributed by atoms with Gasteiger partial charge in [-0.15, -0.1) is 0 Å². The first-order valence-electron chi connectivity index (χ1n) is 9.81. The van der Waals surface area contributed by atoms with Crippen molar-refractivity contribution in [2.24, 2.45) is 5.10 Å². The van der Waals surface area contributed by atoms with E-state index in [9.17, 15) is 4.79 Å². The molecular formula is C23H25ClN4O3. The van der Waals surface area contributed by atoms with E-state index in [0.29, 0.717) is 18.1 Å². The Morgan fingerprint density at radius 2 is 2.06 bits per heavy atom. The lowest BCUT2D eigenvalue weighted by Crippen LogP contribution is -2.18. The van der Waals surface area contributed by atoms with Crippen molar-refractivity contribution < 1.29 is 14.3 Å². The molecule has 0 saturated carbocycles. The second-order valence-corrected chi connectivity index (χ2v) is 7.73. The highest BCUT2D eigenvalue weighted by molar-refractivity contribution is 6.31. The predicted octanol–water partition coefficient (Wildman–Crippen LogP) is 4.85. The molecule has 1 heterocycles. The van der Waals surface area contributed by atoms with E-state index in [4.69, 9.17) is 21.1 Å². The van der Waals surface area contributed by atoms with Crippen molar-refractivity contribution in [3.05, 3.63) is 75.6 Å². The second kappa shape index (κ2) is 10.1. The Kier molecular flexibility index (Phi) is 7.31. The van der Waals surface area contributed by atoms with Crippen molar-refractivity contribution in [1.82, 2.24) is 15.6 Å². The number of aromatic amines is 1. The van der Waals surface area contributed by atoms with Gasteiger partial charge in [-0.3, -0.25) is 9.89 Å². The molecule has 3 rings (SSSR count). The third-order valence-corrected chi connectivity index (χ3v) is 5.13. The van der Waals surface area contributed by atoms with Crippen LogP contribution in [0.1, 0.15) is 52.5 Å². The van der Waals surface area contributed by atoms with Crippen molar-refractivity contribution >= 4 is 23.7 Å². The number of nitrogens with one attached hydrogen (secondary N) is 2. The maximum absolute atomic E-state index is 11.9. The van der Waals surface area contributed by atoms with Crippen LogP contribution in [0.3, 0.4) is 0 Å². The third kappa shape index (κ3) is 5.64. The van der Waals surface area contributed by atoms with Crippen LogP contribution < -0.4 is 14.9 Å². The monoisotopic (exact) mass is 440 g/mol. The van der Waals surface area contributed by atoms with Crippen LogP contribution in [0.2, 0.25) is 5.02 Å². The highest BCUT2D eigenvalue weighted by Gasteiger charge is 2.13. The lowest BCUT2D eigenvalue weighted by molar-refractivity contribution is 0.0950. The molecule has 0 radical (unpaired) electrons. The molecule has 162 valence electrons. The Hall–Kier alpha value is -3.32. The van der Waals surface area contributed by atoms with Gasteiger partial charge in [0.05, 0.1) is 13.3 Å². The average Bonchev–Trinajstić information content (AvgIpc) is 3.29. The van der Waals surface area contributed by atoms with Gasteiger partial charge >= 0.3 is 0 Å². The summed E-state index contributed by atoms with van der Waals surface area (Å²) in [6.45, 7) is 6.47. The Bertz CT molecular complexity index is 1080. The zero-order valence-corrected chi connectivity index (χ0v) is 18.7. The third-order valence-electron chi connectivity index (χ3n) is 4.73. The molecule has 0 bridgehead atoms. The van der Waals surface area contributed by atoms with Crippen LogP contribution in [0.5, 0.6) is 11.5 Å². The number of hydrogen-bond acceptors (Lipinski definition) is 5. The van der Waals surface area contributed by atoms with Gasteiger partial charge in [-0.25, -0.2) is 5.43 Å². The maximum atomic E-state index is 11.9. The summed E-state index contributed by atoms with van der Waals surface area (Å²) >= 11 is 6.29. The summed E-state index contributed by atoms with van der Waals surface area (Å²) in [4.78, 5) is 11.9. The molecule has 2 N–H and O–H groups in total. The highest BCUT2D eigenvalue weighted by atomic mass is 35.5. The number of amides is 1. The summed E-state index contributed by atoms with van der Waals surface area (Å²) in [7, 11) is 1.61. The Balaban J connectivity index is 1.75. The number of carbonyl (C=O) groups excluding carboxylic acids is 1. The van der Waals surface area contributed by atoms with E-state index in [1.54, 1.807) is 19.4 Å². The van der Waals surface area contributed by atoms with Gasteiger partial charge in [-0.1, -0.05) is 25.4 Å². The van der Waals surface area contributed by atoms with Gasteiger partial charge in [-0.05, 0) is 65.9 Å². The van der Waals surface area contributed by atoms with Crippen molar-refractivity contribution in [2.45, 2.75) is 33.3 Å². The van der Waals surface area contributed by atoms with E-state index >= 15 is 0 Å². The average molecular weight is 441 g/mol. The summed E-state index contributed by atoms with van der Waals surface area (Å²) in [6.07, 6.45) is 3.06. The standard InChI is InChI=1S/C23H25ClN4O3/c1-14(2)18-11-19(24)15(3)9-22(18)31-13-17-10-16(5-6-21(17)30-4)12-26-28-23(29)20-7-8-25-27-20/h5-12,14H,13H2,1-4H3,(H,25,27)(H,28,29)/b26-12+. The Morgan fingerprint density at radius 3 is 2.74 bits per heavy atom. The molecule has 0 aliphatic rings. The number of rotatable bonds is 8. The zero-order valence-electron chi connectivity index (χ0n) is 17.9. The van der Waals surface area contributed by atoms with E-state index in [1.807, 2.05) is 37.3 Å². The molecule has 0 saturated heterocycles.